The Morgan fingerprint density at radius 1 is 1.43 bits per heavy atom. The number of para-hydroxylation sites is 1. The molecule has 0 fully saturated rings. The number of nitrogens with zero attached hydrogens (tertiary/aromatic N) is 1. The summed E-state index contributed by atoms with van der Waals surface area (Å²) in [7, 11) is 0. The zero-order chi connectivity index (χ0) is 21.5. The van der Waals surface area contributed by atoms with Crippen molar-refractivity contribution in [1.82, 2.24) is 0 Å². The molecule has 1 amide bonds. The molecule has 30 heavy (non-hydrogen) atoms. The molecule has 156 valence electrons. The number of amides is 1. The fourth-order valence-electron chi connectivity index (χ4n) is 3.27. The van der Waals surface area contributed by atoms with Crippen LogP contribution in [0.1, 0.15) is 38.3 Å². The summed E-state index contributed by atoms with van der Waals surface area (Å²) in [5, 5.41) is 12.0. The van der Waals surface area contributed by atoms with Gasteiger partial charge in [0, 0.05) is 40.2 Å². The Labute approximate surface area is 182 Å². The van der Waals surface area contributed by atoms with Crippen LogP contribution < -0.4 is 14.8 Å². The number of carbonyl (C=O) groups excluding carboxylic acids is 1. The Hall–Kier alpha value is -2.91. The Morgan fingerprint density at radius 3 is 3.00 bits per heavy atom. The average molecular weight is 423 g/mol. The summed E-state index contributed by atoms with van der Waals surface area (Å²) in [5.74, 6) is 1.37. The van der Waals surface area contributed by atoms with Gasteiger partial charge in [0.1, 0.15) is 17.6 Å². The molecule has 1 aliphatic heterocycles. The number of hydrogen-bond acceptors (Lipinski definition) is 5. The molecule has 0 aromatic heterocycles. The van der Waals surface area contributed by atoms with Crippen LogP contribution in [0.25, 0.3) is 6.08 Å². The van der Waals surface area contributed by atoms with Gasteiger partial charge in [0.25, 0.3) is 0 Å². The number of fused-ring (bicyclic) bond motifs is 1. The number of rotatable bonds is 8. The molecule has 2 unspecified atom stereocenters. The molecule has 5 nitrogen and oxygen atoms in total. The normalized spacial score (nSPS) is 15.9. The van der Waals surface area contributed by atoms with Gasteiger partial charge in [-0.1, -0.05) is 19.1 Å². The van der Waals surface area contributed by atoms with Crippen LogP contribution >= 0.6 is 11.8 Å². The van der Waals surface area contributed by atoms with Crippen LogP contribution in [0.4, 0.5) is 5.69 Å². The maximum atomic E-state index is 12.6. The van der Waals surface area contributed by atoms with Crippen molar-refractivity contribution in [3.8, 4) is 17.6 Å². The van der Waals surface area contributed by atoms with Crippen LogP contribution in [-0.4, -0.2) is 23.9 Å². The van der Waals surface area contributed by atoms with Crippen LogP contribution in [0.15, 0.2) is 47.4 Å². The van der Waals surface area contributed by atoms with Crippen LogP contribution in [0.2, 0.25) is 0 Å². The van der Waals surface area contributed by atoms with Crippen LogP contribution in [0.3, 0.4) is 0 Å². The van der Waals surface area contributed by atoms with Gasteiger partial charge in [-0.05, 0) is 44.2 Å². The van der Waals surface area contributed by atoms with Crippen molar-refractivity contribution in [2.75, 3.05) is 11.9 Å². The molecule has 2 aromatic carbocycles. The Balaban J connectivity index is 1.74. The van der Waals surface area contributed by atoms with Gasteiger partial charge in [0.15, 0.2) is 0 Å². The first kappa shape index (κ1) is 21.8. The van der Waals surface area contributed by atoms with E-state index in [-0.39, 0.29) is 17.3 Å². The second-order valence-corrected chi connectivity index (χ2v) is 8.65. The highest BCUT2D eigenvalue weighted by Gasteiger charge is 2.21. The number of benzene rings is 2. The van der Waals surface area contributed by atoms with Gasteiger partial charge >= 0.3 is 0 Å². The van der Waals surface area contributed by atoms with E-state index < -0.39 is 0 Å². The molecule has 1 N–H and O–H groups in total. The topological polar surface area (TPSA) is 71.3 Å². The lowest BCUT2D eigenvalue weighted by Crippen LogP contribution is -2.09. The molecule has 0 saturated carbocycles. The van der Waals surface area contributed by atoms with Crippen molar-refractivity contribution in [2.45, 2.75) is 49.9 Å². The fourth-order valence-corrected chi connectivity index (χ4v) is 4.26. The summed E-state index contributed by atoms with van der Waals surface area (Å²) in [6, 6.07) is 13.7. The summed E-state index contributed by atoms with van der Waals surface area (Å²) in [6.07, 6.45) is 4.71. The zero-order valence-electron chi connectivity index (χ0n) is 17.5. The predicted molar refractivity (Wildman–Crippen MR) is 121 cm³/mol. The number of carbonyl (C=O) groups is 1. The number of nitriles is 1. The third-order valence-corrected chi connectivity index (χ3v) is 5.77. The lowest BCUT2D eigenvalue weighted by molar-refractivity contribution is -0.111. The Morgan fingerprint density at radius 2 is 2.23 bits per heavy atom. The van der Waals surface area contributed by atoms with Crippen molar-refractivity contribution in [1.29, 1.82) is 5.26 Å². The van der Waals surface area contributed by atoms with E-state index in [0.717, 1.165) is 39.6 Å². The van der Waals surface area contributed by atoms with Crippen LogP contribution in [-0.2, 0) is 11.2 Å². The molecule has 0 radical (unpaired) electrons. The first-order valence-corrected chi connectivity index (χ1v) is 11.0. The van der Waals surface area contributed by atoms with Crippen molar-refractivity contribution in [3.63, 3.8) is 0 Å². The monoisotopic (exact) mass is 422 g/mol. The van der Waals surface area contributed by atoms with Crippen molar-refractivity contribution in [2.24, 2.45) is 0 Å². The third kappa shape index (κ3) is 5.58. The molecular formula is C24H26N2O3S. The lowest BCUT2D eigenvalue weighted by Gasteiger charge is -2.12. The van der Waals surface area contributed by atoms with Gasteiger partial charge in [0.05, 0.1) is 18.4 Å². The van der Waals surface area contributed by atoms with Crippen LogP contribution in [0, 0.1) is 11.3 Å². The first-order chi connectivity index (χ1) is 14.5. The summed E-state index contributed by atoms with van der Waals surface area (Å²) in [4.78, 5) is 13.5. The second kappa shape index (κ2) is 10.2. The smallest absolute Gasteiger partial charge is 0.248 e. The summed E-state index contributed by atoms with van der Waals surface area (Å²) < 4.78 is 11.6. The van der Waals surface area contributed by atoms with Crippen molar-refractivity contribution in [3.05, 3.63) is 53.6 Å². The predicted octanol–water partition coefficient (Wildman–Crippen LogP) is 5.45. The zero-order valence-corrected chi connectivity index (χ0v) is 18.3. The average Bonchev–Trinajstić information content (AvgIpc) is 3.07. The second-order valence-electron chi connectivity index (χ2n) is 7.17. The van der Waals surface area contributed by atoms with Crippen molar-refractivity contribution >= 4 is 29.4 Å². The van der Waals surface area contributed by atoms with Gasteiger partial charge in [-0.3, -0.25) is 4.79 Å². The maximum absolute atomic E-state index is 12.6. The molecule has 3 rings (SSSR count). The van der Waals surface area contributed by atoms with E-state index >= 15 is 0 Å². The molecule has 0 bridgehead atoms. The van der Waals surface area contributed by atoms with E-state index in [2.05, 4.69) is 11.4 Å². The van der Waals surface area contributed by atoms with E-state index in [9.17, 15) is 4.79 Å². The number of hydrogen-bond donors (Lipinski definition) is 1. The standard InChI is InChI=1S/C24H26N2O3S/c1-4-28-21-15-19-13-16(2)29-22(19)14-18(21)9-10-24(27)26-20-7-5-6-8-23(20)30-17(3)11-12-25/h5-10,14-17H,4,11,13H2,1-3H3,(H,26,27)/b10-9+. The van der Waals surface area contributed by atoms with E-state index in [1.54, 1.807) is 17.8 Å². The SMILES string of the molecule is CCOc1cc2c(cc1/C=C/C(=O)Nc1ccccc1SC(C)CC#N)OC(C)C2. The lowest BCUT2D eigenvalue weighted by atomic mass is 10.1. The van der Waals surface area contributed by atoms with E-state index in [1.165, 1.54) is 6.08 Å². The highest BCUT2D eigenvalue weighted by atomic mass is 32.2. The first-order valence-electron chi connectivity index (χ1n) is 10.1. The summed E-state index contributed by atoms with van der Waals surface area (Å²) in [6.45, 7) is 6.52. The molecule has 0 spiro atoms. The largest absolute Gasteiger partial charge is 0.493 e. The Bertz CT molecular complexity index is 981. The number of anilines is 1. The van der Waals surface area contributed by atoms with E-state index in [4.69, 9.17) is 14.7 Å². The van der Waals surface area contributed by atoms with Gasteiger partial charge in [-0.2, -0.15) is 5.26 Å². The molecule has 1 heterocycles. The third-order valence-electron chi connectivity index (χ3n) is 4.59. The fraction of sp³-hybridized carbons (Fsp3) is 0.333. The minimum Gasteiger partial charge on any atom is -0.493 e. The molecule has 6 heteroatoms. The van der Waals surface area contributed by atoms with Gasteiger partial charge < -0.3 is 14.8 Å². The van der Waals surface area contributed by atoms with Crippen LogP contribution in [0.5, 0.6) is 11.5 Å². The van der Waals surface area contributed by atoms with Crippen molar-refractivity contribution < 1.29 is 14.3 Å². The minimum atomic E-state index is -0.229. The molecule has 2 atom stereocenters. The molecule has 0 aliphatic carbocycles. The molecule has 2 aromatic rings. The highest BCUT2D eigenvalue weighted by Crippen LogP contribution is 2.36. The highest BCUT2D eigenvalue weighted by molar-refractivity contribution is 8.00. The van der Waals surface area contributed by atoms with Gasteiger partial charge in [-0.25, -0.2) is 0 Å². The molecule has 1 aliphatic rings. The number of nitrogens with one attached hydrogen (secondary N) is 1. The number of ether oxygens (including phenoxy) is 2. The van der Waals surface area contributed by atoms with E-state index in [1.807, 2.05) is 57.2 Å². The van der Waals surface area contributed by atoms with Gasteiger partial charge in [0.2, 0.25) is 5.91 Å². The summed E-state index contributed by atoms with van der Waals surface area (Å²) in [5.41, 5.74) is 2.67. The summed E-state index contributed by atoms with van der Waals surface area (Å²) >= 11 is 1.58. The molecule has 0 saturated heterocycles. The Kier molecular flexibility index (Phi) is 7.42. The van der Waals surface area contributed by atoms with Gasteiger partial charge in [-0.15, -0.1) is 11.8 Å². The maximum Gasteiger partial charge on any atom is 0.248 e. The number of thioether (sulfide) groups is 1. The van der Waals surface area contributed by atoms with E-state index in [0.29, 0.717) is 13.0 Å². The quantitative estimate of drug-likeness (QED) is 0.452. The molecular weight excluding hydrogens is 396 g/mol. The minimum absolute atomic E-state index is 0.145.